The summed E-state index contributed by atoms with van der Waals surface area (Å²) in [6.07, 6.45) is 7.44. The van der Waals surface area contributed by atoms with Crippen molar-refractivity contribution in [1.29, 1.82) is 0 Å². The number of fused-ring (bicyclic) bond motifs is 1. The number of nitrogens with zero attached hydrogens (tertiary/aromatic N) is 2. The first-order valence-corrected chi connectivity index (χ1v) is 11.3. The van der Waals surface area contributed by atoms with Gasteiger partial charge in [-0.05, 0) is 72.6 Å². The highest BCUT2D eigenvalue weighted by molar-refractivity contribution is 6.07. The van der Waals surface area contributed by atoms with E-state index >= 15 is 0 Å². The highest BCUT2D eigenvalue weighted by Gasteiger charge is 2.50. The Morgan fingerprint density at radius 2 is 1.39 bits per heavy atom. The summed E-state index contributed by atoms with van der Waals surface area (Å²) in [4.78, 5) is 18.1. The lowest BCUT2D eigenvalue weighted by Crippen LogP contribution is -2.60. The predicted molar refractivity (Wildman–Crippen MR) is 112 cm³/mol. The standard InChI is InChI=1S/C25H30N2O/c28-25(23-7-3-5-19-4-1-2-6-22(19)23)27-10-8-26(9-11-27)24-20-13-17-12-18(15-20)16-21(24)14-17/h1-7,17-18,20-21,24H,8-16H2. The second-order valence-corrected chi connectivity index (χ2v) is 9.78. The van der Waals surface area contributed by atoms with Gasteiger partial charge in [-0.15, -0.1) is 0 Å². The van der Waals surface area contributed by atoms with Crippen LogP contribution in [0.4, 0.5) is 0 Å². The number of carbonyl (C=O) groups excluding carboxylic acids is 1. The third kappa shape index (κ3) is 2.70. The summed E-state index contributed by atoms with van der Waals surface area (Å²) >= 11 is 0. The highest BCUT2D eigenvalue weighted by atomic mass is 16.2. The molecule has 1 saturated heterocycles. The topological polar surface area (TPSA) is 23.6 Å². The molecule has 2 aromatic rings. The van der Waals surface area contributed by atoms with E-state index in [1.54, 1.807) is 0 Å². The largest absolute Gasteiger partial charge is 0.336 e. The quantitative estimate of drug-likeness (QED) is 0.777. The van der Waals surface area contributed by atoms with Crippen molar-refractivity contribution in [3.63, 3.8) is 0 Å². The van der Waals surface area contributed by atoms with E-state index in [-0.39, 0.29) is 5.91 Å². The molecular formula is C25H30N2O. The molecule has 3 heteroatoms. The summed E-state index contributed by atoms with van der Waals surface area (Å²) < 4.78 is 0. The minimum Gasteiger partial charge on any atom is -0.336 e. The Bertz CT molecular complexity index is 865. The van der Waals surface area contributed by atoms with Crippen molar-refractivity contribution in [2.45, 2.75) is 38.1 Å². The first kappa shape index (κ1) is 17.0. The van der Waals surface area contributed by atoms with Crippen LogP contribution in [0.1, 0.15) is 42.5 Å². The zero-order valence-electron chi connectivity index (χ0n) is 16.6. The Hall–Kier alpha value is -1.87. The van der Waals surface area contributed by atoms with Gasteiger partial charge in [0.25, 0.3) is 5.91 Å². The van der Waals surface area contributed by atoms with Crippen molar-refractivity contribution < 1.29 is 4.79 Å². The van der Waals surface area contributed by atoms with Gasteiger partial charge in [0.2, 0.25) is 0 Å². The summed E-state index contributed by atoms with van der Waals surface area (Å²) in [6, 6.07) is 15.2. The fourth-order valence-corrected chi connectivity index (χ4v) is 7.30. The molecular weight excluding hydrogens is 344 g/mol. The van der Waals surface area contributed by atoms with Crippen LogP contribution in [-0.4, -0.2) is 47.9 Å². The predicted octanol–water partition coefficient (Wildman–Crippen LogP) is 4.42. The molecule has 28 heavy (non-hydrogen) atoms. The fourth-order valence-electron chi connectivity index (χ4n) is 7.30. The minimum absolute atomic E-state index is 0.210. The van der Waals surface area contributed by atoms with E-state index in [1.165, 1.54) is 32.1 Å². The molecule has 146 valence electrons. The van der Waals surface area contributed by atoms with E-state index in [0.29, 0.717) is 0 Å². The molecule has 7 rings (SSSR count). The van der Waals surface area contributed by atoms with Gasteiger partial charge in [0, 0.05) is 37.8 Å². The molecule has 4 aliphatic carbocycles. The Kier molecular flexibility index (Phi) is 4.01. The van der Waals surface area contributed by atoms with Crippen LogP contribution in [-0.2, 0) is 0 Å². The van der Waals surface area contributed by atoms with E-state index in [9.17, 15) is 4.79 Å². The third-order valence-corrected chi connectivity index (χ3v) is 8.22. The van der Waals surface area contributed by atoms with Gasteiger partial charge in [-0.2, -0.15) is 0 Å². The SMILES string of the molecule is O=C(c1cccc2ccccc12)N1CCN(C2C3CC4CC(C3)CC2C4)CC1. The van der Waals surface area contributed by atoms with Crippen LogP contribution in [0.25, 0.3) is 10.8 Å². The van der Waals surface area contributed by atoms with Crippen LogP contribution in [0.5, 0.6) is 0 Å². The smallest absolute Gasteiger partial charge is 0.254 e. The third-order valence-electron chi connectivity index (χ3n) is 8.22. The molecule has 0 unspecified atom stereocenters. The normalized spacial score (nSPS) is 34.9. The van der Waals surface area contributed by atoms with Gasteiger partial charge in [0.15, 0.2) is 0 Å². The van der Waals surface area contributed by atoms with E-state index in [0.717, 1.165) is 72.2 Å². The second kappa shape index (κ2) is 6.59. The number of benzene rings is 2. The Labute approximate surface area is 167 Å². The maximum atomic E-state index is 13.2. The van der Waals surface area contributed by atoms with E-state index in [4.69, 9.17) is 0 Å². The summed E-state index contributed by atoms with van der Waals surface area (Å²) in [6.45, 7) is 3.88. The number of amides is 1. The van der Waals surface area contributed by atoms with Crippen molar-refractivity contribution in [3.05, 3.63) is 48.0 Å². The zero-order chi connectivity index (χ0) is 18.7. The number of hydrogen-bond donors (Lipinski definition) is 0. The maximum Gasteiger partial charge on any atom is 0.254 e. The molecule has 0 spiro atoms. The van der Waals surface area contributed by atoms with E-state index < -0.39 is 0 Å². The van der Waals surface area contributed by atoms with Crippen LogP contribution >= 0.6 is 0 Å². The highest BCUT2D eigenvalue weighted by Crippen LogP contribution is 2.55. The summed E-state index contributed by atoms with van der Waals surface area (Å²) in [7, 11) is 0. The van der Waals surface area contributed by atoms with Crippen LogP contribution in [0.3, 0.4) is 0 Å². The summed E-state index contributed by atoms with van der Waals surface area (Å²) in [5.41, 5.74) is 0.862. The molecule has 5 aliphatic rings. The lowest BCUT2D eigenvalue weighted by Gasteiger charge is -2.58. The van der Waals surface area contributed by atoms with Crippen molar-refractivity contribution in [2.24, 2.45) is 23.7 Å². The van der Waals surface area contributed by atoms with Crippen LogP contribution in [0, 0.1) is 23.7 Å². The molecule has 2 aromatic carbocycles. The molecule has 0 N–H and O–H groups in total. The van der Waals surface area contributed by atoms with Gasteiger partial charge in [-0.3, -0.25) is 9.69 Å². The molecule has 5 fully saturated rings. The van der Waals surface area contributed by atoms with Gasteiger partial charge in [-0.1, -0.05) is 36.4 Å². The molecule has 1 aliphatic heterocycles. The first-order valence-electron chi connectivity index (χ1n) is 11.3. The van der Waals surface area contributed by atoms with Crippen LogP contribution < -0.4 is 0 Å². The van der Waals surface area contributed by atoms with Crippen molar-refractivity contribution in [3.8, 4) is 0 Å². The number of piperazine rings is 1. The van der Waals surface area contributed by atoms with Gasteiger partial charge in [0.05, 0.1) is 0 Å². The first-order chi connectivity index (χ1) is 13.8. The van der Waals surface area contributed by atoms with Crippen molar-refractivity contribution in [2.75, 3.05) is 26.2 Å². The number of rotatable bonds is 2. The maximum absolute atomic E-state index is 13.2. The second-order valence-electron chi connectivity index (χ2n) is 9.78. The zero-order valence-corrected chi connectivity index (χ0v) is 16.6. The Morgan fingerprint density at radius 3 is 2.11 bits per heavy atom. The van der Waals surface area contributed by atoms with Crippen LogP contribution in [0.2, 0.25) is 0 Å². The number of carbonyl (C=O) groups is 1. The van der Waals surface area contributed by atoms with Gasteiger partial charge < -0.3 is 4.90 Å². The Balaban J connectivity index is 1.17. The lowest BCUT2D eigenvalue weighted by molar-refractivity contribution is -0.0743. The molecule has 4 saturated carbocycles. The molecule has 0 atom stereocenters. The molecule has 1 amide bonds. The van der Waals surface area contributed by atoms with Gasteiger partial charge >= 0.3 is 0 Å². The average molecular weight is 375 g/mol. The lowest BCUT2D eigenvalue weighted by atomic mass is 9.54. The van der Waals surface area contributed by atoms with E-state index in [2.05, 4.69) is 28.0 Å². The monoisotopic (exact) mass is 374 g/mol. The van der Waals surface area contributed by atoms with Gasteiger partial charge in [0.1, 0.15) is 0 Å². The summed E-state index contributed by atoms with van der Waals surface area (Å²) in [5.74, 6) is 4.16. The van der Waals surface area contributed by atoms with Crippen LogP contribution in [0.15, 0.2) is 42.5 Å². The molecule has 0 radical (unpaired) electrons. The molecule has 3 nitrogen and oxygen atoms in total. The number of hydrogen-bond acceptors (Lipinski definition) is 2. The van der Waals surface area contributed by atoms with E-state index in [1.807, 2.05) is 24.3 Å². The molecule has 1 heterocycles. The molecule has 4 bridgehead atoms. The van der Waals surface area contributed by atoms with Gasteiger partial charge in [-0.25, -0.2) is 0 Å². The summed E-state index contributed by atoms with van der Waals surface area (Å²) in [5, 5.41) is 2.24. The average Bonchev–Trinajstić information content (AvgIpc) is 2.72. The Morgan fingerprint density at radius 1 is 0.750 bits per heavy atom. The minimum atomic E-state index is 0.210. The van der Waals surface area contributed by atoms with Crippen molar-refractivity contribution in [1.82, 2.24) is 9.80 Å². The fraction of sp³-hybridized carbons (Fsp3) is 0.560. The molecule has 0 aromatic heterocycles. The van der Waals surface area contributed by atoms with Crippen molar-refractivity contribution >= 4 is 16.7 Å².